The standard InChI is InChI=1S/C17H18N2O/c18-17(20)15(13-7-2-1-3-8-13)16-14-9-5-4-6-12(14)10-11-19-16/h1-9,15-16,19H,10-11H2,(H2,18,20). The van der Waals surface area contributed by atoms with E-state index in [1.165, 1.54) is 11.1 Å². The SMILES string of the molecule is NC(=O)C(c1ccccc1)C1NCCc2ccccc21. The van der Waals surface area contributed by atoms with Crippen LogP contribution in [0.2, 0.25) is 0 Å². The Balaban J connectivity index is 2.04. The molecule has 0 radical (unpaired) electrons. The van der Waals surface area contributed by atoms with E-state index in [0.29, 0.717) is 0 Å². The van der Waals surface area contributed by atoms with Crippen molar-refractivity contribution in [2.24, 2.45) is 5.73 Å². The van der Waals surface area contributed by atoms with E-state index in [1.807, 2.05) is 42.5 Å². The molecule has 2 aromatic rings. The van der Waals surface area contributed by atoms with Crippen LogP contribution in [0.15, 0.2) is 54.6 Å². The predicted octanol–water partition coefficient (Wildman–Crippen LogP) is 2.14. The molecule has 3 rings (SSSR count). The Morgan fingerprint density at radius 1 is 1.10 bits per heavy atom. The van der Waals surface area contributed by atoms with E-state index in [-0.39, 0.29) is 17.9 Å². The van der Waals surface area contributed by atoms with E-state index in [1.54, 1.807) is 0 Å². The van der Waals surface area contributed by atoms with Crippen LogP contribution in [0.1, 0.15) is 28.7 Å². The van der Waals surface area contributed by atoms with Gasteiger partial charge in [0, 0.05) is 6.04 Å². The summed E-state index contributed by atoms with van der Waals surface area (Å²) in [7, 11) is 0. The highest BCUT2D eigenvalue weighted by atomic mass is 16.1. The summed E-state index contributed by atoms with van der Waals surface area (Å²) < 4.78 is 0. The number of hydrogen-bond donors (Lipinski definition) is 2. The molecule has 102 valence electrons. The number of carbonyl (C=O) groups excluding carboxylic acids is 1. The van der Waals surface area contributed by atoms with Crippen LogP contribution in [0.3, 0.4) is 0 Å². The van der Waals surface area contributed by atoms with Crippen molar-refractivity contribution in [3.63, 3.8) is 0 Å². The molecule has 2 atom stereocenters. The van der Waals surface area contributed by atoms with Crippen molar-refractivity contribution < 1.29 is 4.79 Å². The Bertz CT molecular complexity index is 609. The fraction of sp³-hybridized carbons (Fsp3) is 0.235. The van der Waals surface area contributed by atoms with E-state index in [2.05, 4.69) is 17.4 Å². The smallest absolute Gasteiger partial charge is 0.226 e. The summed E-state index contributed by atoms with van der Waals surface area (Å²) in [5, 5.41) is 3.45. The molecule has 0 aromatic heterocycles. The quantitative estimate of drug-likeness (QED) is 0.894. The van der Waals surface area contributed by atoms with Gasteiger partial charge in [0.05, 0.1) is 5.92 Å². The van der Waals surface area contributed by atoms with E-state index in [4.69, 9.17) is 5.73 Å². The van der Waals surface area contributed by atoms with Gasteiger partial charge < -0.3 is 11.1 Å². The van der Waals surface area contributed by atoms with Gasteiger partial charge in [-0.3, -0.25) is 4.79 Å². The summed E-state index contributed by atoms with van der Waals surface area (Å²) in [5.41, 5.74) is 9.14. The van der Waals surface area contributed by atoms with Gasteiger partial charge in [-0.05, 0) is 29.7 Å². The number of amides is 1. The van der Waals surface area contributed by atoms with Crippen LogP contribution in [0.25, 0.3) is 0 Å². The number of hydrogen-bond acceptors (Lipinski definition) is 2. The Kier molecular flexibility index (Phi) is 3.52. The highest BCUT2D eigenvalue weighted by Gasteiger charge is 2.32. The van der Waals surface area contributed by atoms with Crippen LogP contribution >= 0.6 is 0 Å². The molecule has 0 spiro atoms. The van der Waals surface area contributed by atoms with Crippen molar-refractivity contribution in [1.82, 2.24) is 5.32 Å². The van der Waals surface area contributed by atoms with Crippen LogP contribution in [0.5, 0.6) is 0 Å². The van der Waals surface area contributed by atoms with Gasteiger partial charge in [-0.2, -0.15) is 0 Å². The lowest BCUT2D eigenvalue weighted by Gasteiger charge is -2.32. The molecule has 3 heteroatoms. The molecule has 0 aliphatic carbocycles. The number of benzene rings is 2. The van der Waals surface area contributed by atoms with Gasteiger partial charge in [0.25, 0.3) is 0 Å². The first-order valence-electron chi connectivity index (χ1n) is 6.93. The number of rotatable bonds is 3. The molecule has 3 nitrogen and oxygen atoms in total. The van der Waals surface area contributed by atoms with Gasteiger partial charge in [-0.15, -0.1) is 0 Å². The van der Waals surface area contributed by atoms with Crippen LogP contribution in [0, 0.1) is 0 Å². The van der Waals surface area contributed by atoms with Crippen LogP contribution in [-0.4, -0.2) is 12.5 Å². The summed E-state index contributed by atoms with van der Waals surface area (Å²) in [6, 6.07) is 18.0. The van der Waals surface area contributed by atoms with Crippen molar-refractivity contribution in [3.8, 4) is 0 Å². The molecule has 3 N–H and O–H groups in total. The first-order chi connectivity index (χ1) is 9.77. The first kappa shape index (κ1) is 12.9. The Hall–Kier alpha value is -2.13. The third kappa shape index (κ3) is 2.32. The molecule has 1 aliphatic rings. The fourth-order valence-corrected chi connectivity index (χ4v) is 3.02. The minimum atomic E-state index is -0.336. The summed E-state index contributed by atoms with van der Waals surface area (Å²) >= 11 is 0. The average molecular weight is 266 g/mol. The maximum Gasteiger partial charge on any atom is 0.226 e. The third-order valence-electron chi connectivity index (χ3n) is 3.95. The Morgan fingerprint density at radius 2 is 1.80 bits per heavy atom. The predicted molar refractivity (Wildman–Crippen MR) is 79.3 cm³/mol. The summed E-state index contributed by atoms with van der Waals surface area (Å²) in [6.45, 7) is 0.873. The molecule has 1 heterocycles. The van der Waals surface area contributed by atoms with Crippen LogP contribution < -0.4 is 11.1 Å². The number of carbonyl (C=O) groups is 1. The molecule has 2 unspecified atom stereocenters. The van der Waals surface area contributed by atoms with E-state index < -0.39 is 0 Å². The fourth-order valence-electron chi connectivity index (χ4n) is 3.02. The number of primary amides is 1. The van der Waals surface area contributed by atoms with Crippen molar-refractivity contribution >= 4 is 5.91 Å². The van der Waals surface area contributed by atoms with Gasteiger partial charge in [-0.25, -0.2) is 0 Å². The molecular formula is C17H18N2O. The number of nitrogens with one attached hydrogen (secondary N) is 1. The monoisotopic (exact) mass is 266 g/mol. The lowest BCUT2D eigenvalue weighted by Crippen LogP contribution is -2.39. The summed E-state index contributed by atoms with van der Waals surface area (Å²) in [4.78, 5) is 12.0. The third-order valence-corrected chi connectivity index (χ3v) is 3.95. The zero-order valence-electron chi connectivity index (χ0n) is 11.3. The second-order valence-corrected chi connectivity index (χ2v) is 5.17. The Morgan fingerprint density at radius 3 is 2.55 bits per heavy atom. The lowest BCUT2D eigenvalue weighted by atomic mass is 9.82. The highest BCUT2D eigenvalue weighted by Crippen LogP contribution is 2.34. The number of nitrogens with two attached hydrogens (primary N) is 1. The van der Waals surface area contributed by atoms with E-state index in [0.717, 1.165) is 18.5 Å². The van der Waals surface area contributed by atoms with Crippen LogP contribution in [-0.2, 0) is 11.2 Å². The molecule has 0 fully saturated rings. The maximum atomic E-state index is 12.0. The topological polar surface area (TPSA) is 55.1 Å². The largest absolute Gasteiger partial charge is 0.369 e. The molecule has 1 aliphatic heterocycles. The second kappa shape index (κ2) is 5.47. The minimum absolute atomic E-state index is 0.0418. The summed E-state index contributed by atoms with van der Waals surface area (Å²) in [5.74, 6) is -0.622. The van der Waals surface area contributed by atoms with Gasteiger partial charge in [0.15, 0.2) is 0 Å². The van der Waals surface area contributed by atoms with Crippen molar-refractivity contribution in [2.45, 2.75) is 18.4 Å². The minimum Gasteiger partial charge on any atom is -0.369 e. The maximum absolute atomic E-state index is 12.0. The molecule has 0 saturated heterocycles. The van der Waals surface area contributed by atoms with Gasteiger partial charge >= 0.3 is 0 Å². The molecule has 20 heavy (non-hydrogen) atoms. The van der Waals surface area contributed by atoms with Crippen LogP contribution in [0.4, 0.5) is 0 Å². The molecular weight excluding hydrogens is 248 g/mol. The first-order valence-corrected chi connectivity index (χ1v) is 6.93. The highest BCUT2D eigenvalue weighted by molar-refractivity contribution is 5.83. The molecule has 0 saturated carbocycles. The van der Waals surface area contributed by atoms with E-state index in [9.17, 15) is 4.79 Å². The normalized spacial score (nSPS) is 19.1. The molecule has 0 bridgehead atoms. The zero-order chi connectivity index (χ0) is 13.9. The van der Waals surface area contributed by atoms with Gasteiger partial charge in [0.1, 0.15) is 0 Å². The van der Waals surface area contributed by atoms with Crippen molar-refractivity contribution in [3.05, 3.63) is 71.3 Å². The van der Waals surface area contributed by atoms with E-state index >= 15 is 0 Å². The lowest BCUT2D eigenvalue weighted by molar-refractivity contribution is -0.120. The van der Waals surface area contributed by atoms with Crippen molar-refractivity contribution in [1.29, 1.82) is 0 Å². The molecule has 1 amide bonds. The average Bonchev–Trinajstić information content (AvgIpc) is 2.48. The van der Waals surface area contributed by atoms with Gasteiger partial charge in [0.2, 0.25) is 5.91 Å². The summed E-state index contributed by atoms with van der Waals surface area (Å²) in [6.07, 6.45) is 0.993. The molecule has 2 aromatic carbocycles. The Labute approximate surface area is 118 Å². The van der Waals surface area contributed by atoms with Gasteiger partial charge in [-0.1, -0.05) is 54.6 Å². The number of fused-ring (bicyclic) bond motifs is 1. The zero-order valence-corrected chi connectivity index (χ0v) is 11.3. The van der Waals surface area contributed by atoms with Crippen molar-refractivity contribution in [2.75, 3.05) is 6.54 Å². The second-order valence-electron chi connectivity index (χ2n) is 5.17.